The van der Waals surface area contributed by atoms with Crippen LogP contribution in [0.1, 0.15) is 48.4 Å². The molecule has 5 heteroatoms. The minimum absolute atomic E-state index is 0.0796. The Kier molecular flexibility index (Phi) is 6.00. The van der Waals surface area contributed by atoms with Gasteiger partial charge < -0.3 is 14.6 Å². The second kappa shape index (κ2) is 8.26. The molecule has 146 valence electrons. The lowest BCUT2D eigenvalue weighted by molar-refractivity contribution is 0.0920. The van der Waals surface area contributed by atoms with Crippen molar-refractivity contribution in [2.45, 2.75) is 40.5 Å². The van der Waals surface area contributed by atoms with Gasteiger partial charge in [-0.1, -0.05) is 13.8 Å². The van der Waals surface area contributed by atoms with Gasteiger partial charge in [0.2, 0.25) is 0 Å². The zero-order chi connectivity index (χ0) is 19.6. The van der Waals surface area contributed by atoms with Crippen LogP contribution in [0.5, 0.6) is 0 Å². The molecule has 1 N–H and O–H groups in total. The van der Waals surface area contributed by atoms with Crippen molar-refractivity contribution in [1.29, 1.82) is 0 Å². The SMILES string of the molecule is Cc1cc2oc(C(=O)NCCCN3C[C@@H](C)C[C@H](C)C3)cc(=O)c2cc1C. The van der Waals surface area contributed by atoms with Crippen molar-refractivity contribution in [3.05, 3.63) is 45.3 Å². The van der Waals surface area contributed by atoms with E-state index in [2.05, 4.69) is 24.1 Å². The van der Waals surface area contributed by atoms with E-state index < -0.39 is 0 Å². The molecule has 1 fully saturated rings. The predicted octanol–water partition coefficient (Wildman–Crippen LogP) is 3.51. The van der Waals surface area contributed by atoms with E-state index in [4.69, 9.17) is 4.42 Å². The van der Waals surface area contributed by atoms with Gasteiger partial charge in [-0.2, -0.15) is 0 Å². The van der Waals surface area contributed by atoms with E-state index in [0.717, 1.165) is 49.0 Å². The summed E-state index contributed by atoms with van der Waals surface area (Å²) in [4.78, 5) is 27.2. The Labute approximate surface area is 160 Å². The second-order valence-corrected chi connectivity index (χ2v) is 8.22. The van der Waals surface area contributed by atoms with Gasteiger partial charge in [-0.3, -0.25) is 9.59 Å². The molecule has 1 aromatic heterocycles. The molecule has 1 aliphatic rings. The van der Waals surface area contributed by atoms with Crippen molar-refractivity contribution >= 4 is 16.9 Å². The van der Waals surface area contributed by atoms with Gasteiger partial charge in [-0.05, 0) is 68.3 Å². The fourth-order valence-electron chi connectivity index (χ4n) is 4.09. The van der Waals surface area contributed by atoms with Gasteiger partial charge in [0.15, 0.2) is 11.2 Å². The first-order chi connectivity index (χ1) is 12.8. The van der Waals surface area contributed by atoms with Gasteiger partial charge in [0.05, 0.1) is 5.39 Å². The lowest BCUT2D eigenvalue weighted by Crippen LogP contribution is -2.40. The van der Waals surface area contributed by atoms with Crippen molar-refractivity contribution in [3.8, 4) is 0 Å². The molecular weight excluding hydrogens is 340 g/mol. The van der Waals surface area contributed by atoms with E-state index in [-0.39, 0.29) is 17.1 Å². The molecule has 0 radical (unpaired) electrons. The Morgan fingerprint density at radius 2 is 1.81 bits per heavy atom. The number of aryl methyl sites for hydroxylation is 2. The molecule has 3 rings (SSSR count). The summed E-state index contributed by atoms with van der Waals surface area (Å²) in [7, 11) is 0. The summed E-state index contributed by atoms with van der Waals surface area (Å²) in [6.45, 7) is 12.3. The fraction of sp³-hybridized carbons (Fsp3) is 0.545. The van der Waals surface area contributed by atoms with E-state index in [0.29, 0.717) is 17.5 Å². The maximum absolute atomic E-state index is 12.4. The molecule has 0 bridgehead atoms. The van der Waals surface area contributed by atoms with Gasteiger partial charge in [0, 0.05) is 25.7 Å². The molecular formula is C22H30N2O3. The number of carbonyl (C=O) groups is 1. The number of nitrogens with one attached hydrogen (secondary N) is 1. The Hall–Kier alpha value is -2.14. The predicted molar refractivity (Wildman–Crippen MR) is 108 cm³/mol. The molecule has 0 saturated carbocycles. The van der Waals surface area contributed by atoms with E-state index in [1.807, 2.05) is 26.0 Å². The molecule has 27 heavy (non-hydrogen) atoms. The number of fused-ring (bicyclic) bond motifs is 1. The molecule has 1 saturated heterocycles. The summed E-state index contributed by atoms with van der Waals surface area (Å²) in [5, 5.41) is 3.40. The highest BCUT2D eigenvalue weighted by Crippen LogP contribution is 2.21. The van der Waals surface area contributed by atoms with Gasteiger partial charge >= 0.3 is 0 Å². The Bertz CT molecular complexity index is 877. The summed E-state index contributed by atoms with van der Waals surface area (Å²) in [5.74, 6) is 1.23. The third-order valence-electron chi connectivity index (χ3n) is 5.45. The van der Waals surface area contributed by atoms with Gasteiger partial charge in [0.25, 0.3) is 5.91 Å². The number of piperidine rings is 1. The molecule has 1 aliphatic heterocycles. The van der Waals surface area contributed by atoms with Crippen molar-refractivity contribution in [1.82, 2.24) is 10.2 Å². The number of carbonyl (C=O) groups excluding carboxylic acids is 1. The molecule has 2 atom stereocenters. The number of amides is 1. The molecule has 0 aliphatic carbocycles. The first-order valence-corrected chi connectivity index (χ1v) is 9.89. The van der Waals surface area contributed by atoms with Crippen LogP contribution in [0.3, 0.4) is 0 Å². The van der Waals surface area contributed by atoms with E-state index in [1.165, 1.54) is 12.5 Å². The minimum Gasteiger partial charge on any atom is -0.451 e. The fourth-order valence-corrected chi connectivity index (χ4v) is 4.09. The number of hydrogen-bond donors (Lipinski definition) is 1. The third-order valence-corrected chi connectivity index (χ3v) is 5.45. The van der Waals surface area contributed by atoms with Crippen LogP contribution in [-0.2, 0) is 0 Å². The van der Waals surface area contributed by atoms with Crippen LogP contribution in [-0.4, -0.2) is 37.0 Å². The highest BCUT2D eigenvalue weighted by Gasteiger charge is 2.21. The third kappa shape index (κ3) is 4.78. The van der Waals surface area contributed by atoms with E-state index >= 15 is 0 Å². The molecule has 1 amide bonds. The number of rotatable bonds is 5. The average molecular weight is 370 g/mol. The molecule has 0 unspecified atom stereocenters. The highest BCUT2D eigenvalue weighted by atomic mass is 16.3. The smallest absolute Gasteiger partial charge is 0.287 e. The molecule has 0 spiro atoms. The largest absolute Gasteiger partial charge is 0.451 e. The summed E-state index contributed by atoms with van der Waals surface area (Å²) in [6.07, 6.45) is 2.19. The Morgan fingerprint density at radius 1 is 1.15 bits per heavy atom. The quantitative estimate of drug-likeness (QED) is 0.818. The maximum atomic E-state index is 12.4. The van der Waals surface area contributed by atoms with Crippen LogP contribution in [0.25, 0.3) is 11.0 Å². The first-order valence-electron chi connectivity index (χ1n) is 9.89. The van der Waals surface area contributed by atoms with E-state index in [1.54, 1.807) is 0 Å². The number of nitrogens with zero attached hydrogens (tertiary/aromatic N) is 1. The lowest BCUT2D eigenvalue weighted by Gasteiger charge is -2.34. The van der Waals surface area contributed by atoms with E-state index in [9.17, 15) is 9.59 Å². The van der Waals surface area contributed by atoms with Gasteiger partial charge in [0.1, 0.15) is 5.58 Å². The van der Waals surface area contributed by atoms with Crippen molar-refractivity contribution < 1.29 is 9.21 Å². The summed E-state index contributed by atoms with van der Waals surface area (Å²) < 4.78 is 5.69. The average Bonchev–Trinajstić information content (AvgIpc) is 2.59. The number of benzene rings is 1. The standard InChI is InChI=1S/C22H30N2O3/c1-14-8-15(2)13-24(12-14)7-5-6-23-22(26)21-11-19(25)18-9-16(3)17(4)10-20(18)27-21/h9-11,14-15H,5-8,12-13H2,1-4H3,(H,23,26)/t14-,15-/m0/s1. The summed E-state index contributed by atoms with van der Waals surface area (Å²) in [6, 6.07) is 4.93. The molecule has 2 heterocycles. The monoisotopic (exact) mass is 370 g/mol. The van der Waals surface area contributed by atoms with Gasteiger partial charge in [-0.15, -0.1) is 0 Å². The number of hydrogen-bond acceptors (Lipinski definition) is 4. The highest BCUT2D eigenvalue weighted by molar-refractivity contribution is 5.93. The zero-order valence-electron chi connectivity index (χ0n) is 16.8. The van der Waals surface area contributed by atoms with Crippen LogP contribution >= 0.6 is 0 Å². The van der Waals surface area contributed by atoms with Crippen LogP contribution in [0.2, 0.25) is 0 Å². The summed E-state index contributed by atoms with van der Waals surface area (Å²) >= 11 is 0. The van der Waals surface area contributed by atoms with Crippen molar-refractivity contribution in [3.63, 3.8) is 0 Å². The Morgan fingerprint density at radius 3 is 2.52 bits per heavy atom. The van der Waals surface area contributed by atoms with Crippen LogP contribution < -0.4 is 10.7 Å². The Balaban J connectivity index is 1.58. The topological polar surface area (TPSA) is 62.6 Å². The molecule has 2 aromatic rings. The van der Waals surface area contributed by atoms with Crippen LogP contribution in [0.4, 0.5) is 0 Å². The lowest BCUT2D eigenvalue weighted by atomic mass is 9.92. The van der Waals surface area contributed by atoms with Crippen LogP contribution in [0.15, 0.2) is 27.4 Å². The first kappa shape index (κ1) is 19.6. The maximum Gasteiger partial charge on any atom is 0.287 e. The molecule has 1 aromatic carbocycles. The number of likely N-dealkylation sites (tertiary alicyclic amines) is 1. The van der Waals surface area contributed by atoms with Crippen LogP contribution in [0, 0.1) is 25.7 Å². The van der Waals surface area contributed by atoms with Crippen molar-refractivity contribution in [2.24, 2.45) is 11.8 Å². The normalized spacial score (nSPS) is 20.7. The van der Waals surface area contributed by atoms with Crippen molar-refractivity contribution in [2.75, 3.05) is 26.2 Å². The minimum atomic E-state index is -0.326. The summed E-state index contributed by atoms with van der Waals surface area (Å²) in [5.41, 5.74) is 2.36. The second-order valence-electron chi connectivity index (χ2n) is 8.22. The zero-order valence-corrected chi connectivity index (χ0v) is 16.8. The van der Waals surface area contributed by atoms with Gasteiger partial charge in [-0.25, -0.2) is 0 Å². The molecule has 5 nitrogen and oxygen atoms in total.